The highest BCUT2D eigenvalue weighted by atomic mass is 16.3. The number of nitrogens with zero attached hydrogens (tertiary/aromatic N) is 1. The summed E-state index contributed by atoms with van der Waals surface area (Å²) in [5, 5.41) is 4.78. The summed E-state index contributed by atoms with van der Waals surface area (Å²) in [6.07, 6.45) is 1.92. The molecule has 0 saturated carbocycles. The molecule has 2 heterocycles. The quantitative estimate of drug-likeness (QED) is 0.276. The Labute approximate surface area is 193 Å². The molecule has 0 N–H and O–H groups in total. The van der Waals surface area contributed by atoms with E-state index >= 15 is 0 Å². The predicted octanol–water partition coefficient (Wildman–Crippen LogP) is 8.77. The van der Waals surface area contributed by atoms with Crippen molar-refractivity contribution in [2.24, 2.45) is 0 Å². The molecule has 0 unspecified atom stereocenters. The molecular weight excluding hydrogens is 402 g/mol. The highest BCUT2D eigenvalue weighted by Gasteiger charge is 2.16. The zero-order chi connectivity index (χ0) is 22.6. The van der Waals surface area contributed by atoms with E-state index in [0.29, 0.717) is 0 Å². The van der Waals surface area contributed by atoms with Gasteiger partial charge in [0.1, 0.15) is 11.2 Å². The van der Waals surface area contributed by atoms with Crippen molar-refractivity contribution >= 4 is 32.7 Å². The minimum absolute atomic E-state index is 0.0870. The Hall–Kier alpha value is -3.91. The third kappa shape index (κ3) is 3.30. The zero-order valence-electron chi connectivity index (χ0n) is 19.1. The highest BCUT2D eigenvalue weighted by molar-refractivity contribution is 6.20. The molecule has 0 spiro atoms. The van der Waals surface area contributed by atoms with Gasteiger partial charge in [0.2, 0.25) is 0 Å². The molecule has 4 aromatic carbocycles. The number of aromatic nitrogens is 1. The first-order chi connectivity index (χ1) is 16.0. The van der Waals surface area contributed by atoms with Crippen molar-refractivity contribution in [1.29, 1.82) is 0 Å². The lowest BCUT2D eigenvalue weighted by Crippen LogP contribution is -2.11. The highest BCUT2D eigenvalue weighted by Crippen LogP contribution is 2.38. The summed E-state index contributed by atoms with van der Waals surface area (Å²) in [5.74, 6) is 0. The van der Waals surface area contributed by atoms with E-state index in [1.54, 1.807) is 0 Å². The maximum absolute atomic E-state index is 6.11. The van der Waals surface area contributed by atoms with Crippen LogP contribution in [0.4, 0.5) is 0 Å². The molecular formula is C31H25NO. The van der Waals surface area contributed by atoms with Crippen molar-refractivity contribution < 1.29 is 4.42 Å². The number of pyridine rings is 1. The SMILES string of the molecule is CC(C)(C)c1ccnc(-c2cccc(-c3cccc4c3ccc3oc5ccccc5c34)c2)c1. The van der Waals surface area contributed by atoms with Crippen molar-refractivity contribution in [2.75, 3.05) is 0 Å². The van der Waals surface area contributed by atoms with Gasteiger partial charge in [-0.25, -0.2) is 0 Å². The summed E-state index contributed by atoms with van der Waals surface area (Å²) in [5.41, 5.74) is 7.77. The van der Waals surface area contributed by atoms with Crippen LogP contribution >= 0.6 is 0 Å². The Kier molecular flexibility index (Phi) is 4.38. The fraction of sp³-hybridized carbons (Fsp3) is 0.129. The largest absolute Gasteiger partial charge is 0.456 e. The molecule has 0 fully saturated rings. The molecule has 160 valence electrons. The van der Waals surface area contributed by atoms with Gasteiger partial charge >= 0.3 is 0 Å². The van der Waals surface area contributed by atoms with Crippen LogP contribution < -0.4 is 0 Å². The Balaban J connectivity index is 1.54. The average Bonchev–Trinajstić information content (AvgIpc) is 3.22. The van der Waals surface area contributed by atoms with Crippen LogP contribution in [0.1, 0.15) is 26.3 Å². The molecule has 2 aromatic heterocycles. The molecule has 0 radical (unpaired) electrons. The van der Waals surface area contributed by atoms with E-state index in [9.17, 15) is 0 Å². The van der Waals surface area contributed by atoms with Gasteiger partial charge in [0.05, 0.1) is 5.69 Å². The van der Waals surface area contributed by atoms with Gasteiger partial charge in [-0.3, -0.25) is 4.98 Å². The van der Waals surface area contributed by atoms with Crippen LogP contribution in [0.3, 0.4) is 0 Å². The fourth-order valence-corrected chi connectivity index (χ4v) is 4.73. The van der Waals surface area contributed by atoms with Crippen LogP contribution in [0.5, 0.6) is 0 Å². The number of para-hydroxylation sites is 1. The molecule has 0 bridgehead atoms. The van der Waals surface area contributed by atoms with Crippen molar-refractivity contribution in [3.8, 4) is 22.4 Å². The molecule has 0 atom stereocenters. The first-order valence-corrected chi connectivity index (χ1v) is 11.4. The van der Waals surface area contributed by atoms with Gasteiger partial charge in [-0.15, -0.1) is 0 Å². The van der Waals surface area contributed by atoms with Gasteiger partial charge in [-0.2, -0.15) is 0 Å². The molecule has 6 aromatic rings. The van der Waals surface area contributed by atoms with E-state index in [1.165, 1.54) is 32.8 Å². The molecule has 6 rings (SSSR count). The molecule has 33 heavy (non-hydrogen) atoms. The monoisotopic (exact) mass is 427 g/mol. The van der Waals surface area contributed by atoms with Crippen LogP contribution in [0.2, 0.25) is 0 Å². The first kappa shape index (κ1) is 19.8. The van der Waals surface area contributed by atoms with E-state index < -0.39 is 0 Å². The number of hydrogen-bond donors (Lipinski definition) is 0. The summed E-state index contributed by atoms with van der Waals surface area (Å²) >= 11 is 0. The summed E-state index contributed by atoms with van der Waals surface area (Å²) in [6, 6.07) is 32.1. The van der Waals surface area contributed by atoms with Gasteiger partial charge in [0.25, 0.3) is 0 Å². The third-order valence-corrected chi connectivity index (χ3v) is 6.49. The van der Waals surface area contributed by atoms with E-state index in [1.807, 2.05) is 18.3 Å². The summed E-state index contributed by atoms with van der Waals surface area (Å²) in [4.78, 5) is 4.68. The van der Waals surface area contributed by atoms with E-state index in [2.05, 4.69) is 105 Å². The first-order valence-electron chi connectivity index (χ1n) is 11.4. The van der Waals surface area contributed by atoms with Gasteiger partial charge in [-0.05, 0) is 63.2 Å². The maximum Gasteiger partial charge on any atom is 0.136 e. The second kappa shape index (κ2) is 7.31. The van der Waals surface area contributed by atoms with Crippen molar-refractivity contribution in [3.05, 3.63) is 103 Å². The Bertz CT molecular complexity index is 1650. The van der Waals surface area contributed by atoms with Crippen LogP contribution in [0.15, 0.2) is 102 Å². The lowest BCUT2D eigenvalue weighted by Gasteiger charge is -2.19. The molecule has 0 aliphatic carbocycles. The second-order valence-electron chi connectivity index (χ2n) is 9.70. The van der Waals surface area contributed by atoms with Crippen LogP contribution in [-0.4, -0.2) is 4.98 Å². The molecule has 0 aliphatic rings. The van der Waals surface area contributed by atoms with Crippen LogP contribution in [0, 0.1) is 0 Å². The number of hydrogen-bond acceptors (Lipinski definition) is 2. The number of benzene rings is 4. The maximum atomic E-state index is 6.11. The standard InChI is InChI=1S/C31H25NO/c1-31(2,3)22-16-17-32-27(19-22)21-9-6-8-20(18-21)23-11-7-12-25-24(23)14-15-29-30(25)26-10-4-5-13-28(26)33-29/h4-19H,1-3H3. The van der Waals surface area contributed by atoms with Gasteiger partial charge in [0.15, 0.2) is 0 Å². The van der Waals surface area contributed by atoms with E-state index in [-0.39, 0.29) is 5.41 Å². The number of fused-ring (bicyclic) bond motifs is 5. The molecule has 0 aliphatic heterocycles. The lowest BCUT2D eigenvalue weighted by molar-refractivity contribution is 0.589. The molecule has 2 nitrogen and oxygen atoms in total. The van der Waals surface area contributed by atoms with E-state index in [0.717, 1.165) is 27.8 Å². The van der Waals surface area contributed by atoms with Gasteiger partial charge in [-0.1, -0.05) is 81.4 Å². The van der Waals surface area contributed by atoms with Crippen molar-refractivity contribution in [1.82, 2.24) is 4.98 Å². The van der Waals surface area contributed by atoms with Gasteiger partial charge < -0.3 is 4.42 Å². The predicted molar refractivity (Wildman–Crippen MR) is 139 cm³/mol. The normalized spacial score (nSPS) is 12.1. The fourth-order valence-electron chi connectivity index (χ4n) is 4.73. The second-order valence-corrected chi connectivity index (χ2v) is 9.70. The molecule has 0 saturated heterocycles. The Morgan fingerprint density at radius 3 is 2.30 bits per heavy atom. The number of furan rings is 1. The summed E-state index contributed by atoms with van der Waals surface area (Å²) in [6.45, 7) is 6.71. The summed E-state index contributed by atoms with van der Waals surface area (Å²) in [7, 11) is 0. The average molecular weight is 428 g/mol. The van der Waals surface area contributed by atoms with Crippen molar-refractivity contribution in [3.63, 3.8) is 0 Å². The molecule has 2 heteroatoms. The smallest absolute Gasteiger partial charge is 0.136 e. The Morgan fingerprint density at radius 1 is 0.636 bits per heavy atom. The summed E-state index contributed by atoms with van der Waals surface area (Å²) < 4.78 is 6.11. The van der Waals surface area contributed by atoms with Crippen LogP contribution in [-0.2, 0) is 5.41 Å². The minimum atomic E-state index is 0.0870. The minimum Gasteiger partial charge on any atom is -0.456 e. The zero-order valence-corrected chi connectivity index (χ0v) is 19.1. The van der Waals surface area contributed by atoms with E-state index in [4.69, 9.17) is 4.42 Å². The van der Waals surface area contributed by atoms with Gasteiger partial charge in [0, 0.05) is 22.5 Å². The van der Waals surface area contributed by atoms with Crippen molar-refractivity contribution in [2.45, 2.75) is 26.2 Å². The lowest BCUT2D eigenvalue weighted by atomic mass is 9.86. The Morgan fingerprint density at radius 2 is 1.42 bits per heavy atom. The number of rotatable bonds is 2. The third-order valence-electron chi connectivity index (χ3n) is 6.49. The molecule has 0 amide bonds. The van der Waals surface area contributed by atoms with Crippen LogP contribution in [0.25, 0.3) is 55.1 Å². The topological polar surface area (TPSA) is 26.0 Å².